The van der Waals surface area contributed by atoms with Crippen molar-refractivity contribution in [2.75, 3.05) is 0 Å². The number of rotatable bonds is 8. The van der Waals surface area contributed by atoms with E-state index in [0.717, 1.165) is 12.8 Å². The van der Waals surface area contributed by atoms with Crippen molar-refractivity contribution in [3.63, 3.8) is 0 Å². The molecule has 0 aliphatic heterocycles. The number of carboxylic acids is 1. The number of carboxylic acid groups (broad SMARTS) is 1. The summed E-state index contributed by atoms with van der Waals surface area (Å²) in [5.74, 6) is -2.29. The summed E-state index contributed by atoms with van der Waals surface area (Å²) in [6, 6.07) is 13.7. The summed E-state index contributed by atoms with van der Waals surface area (Å²) >= 11 is 5.88. The zero-order valence-electron chi connectivity index (χ0n) is 18.0. The molecule has 6 nitrogen and oxygen atoms in total. The van der Waals surface area contributed by atoms with E-state index in [0.29, 0.717) is 22.6 Å². The molecule has 0 bridgehead atoms. The lowest BCUT2D eigenvalue weighted by Gasteiger charge is -2.17. The number of Topliss-reactive ketones (excluding diaryl/α,β-unsaturated/α-hetero) is 1. The zero-order chi connectivity index (χ0) is 24.4. The van der Waals surface area contributed by atoms with Crippen LogP contribution in [0.1, 0.15) is 52.4 Å². The smallest absolute Gasteiger partial charge is 0.335 e. The molecule has 1 aliphatic carbocycles. The number of benzene rings is 2. The molecule has 4 rings (SSSR count). The zero-order valence-corrected chi connectivity index (χ0v) is 18.8. The molecule has 0 radical (unpaired) electrons. The largest absolute Gasteiger partial charge is 0.618 e. The molecule has 0 spiro atoms. The molecule has 1 aromatic heterocycles. The summed E-state index contributed by atoms with van der Waals surface area (Å²) in [6.07, 6.45) is 3.74. The molecule has 1 aliphatic rings. The van der Waals surface area contributed by atoms with Gasteiger partial charge in [0.25, 0.3) is 0 Å². The van der Waals surface area contributed by atoms with Gasteiger partial charge < -0.3 is 10.3 Å². The number of carbonyl (C=O) groups excluding carboxylic acids is 1. The summed E-state index contributed by atoms with van der Waals surface area (Å²) in [5, 5.41) is 31.2. The molecule has 0 amide bonds. The predicted molar refractivity (Wildman–Crippen MR) is 123 cm³/mol. The monoisotopic (exact) mass is 478 g/mol. The summed E-state index contributed by atoms with van der Waals surface area (Å²) in [4.78, 5) is 24.3. The molecule has 1 atom stereocenters. The Labute approximate surface area is 200 Å². The standard InChI is InChI=1S/C26H20ClFN2O4/c27-21-9-7-18(13-29)24(25(21)28)19-8-10-22(30(34)14-19)20(11-15-1-2-15)23(31)12-16-3-5-17(6-4-16)26(32)33/h3-10,14-15,20H,1-2,11-12H2,(H,32,33). The average molecular weight is 479 g/mol. The minimum absolute atomic E-state index is 0.0464. The van der Waals surface area contributed by atoms with Gasteiger partial charge in [-0.25, -0.2) is 9.18 Å². The molecule has 172 valence electrons. The molecule has 3 aromatic rings. The van der Waals surface area contributed by atoms with E-state index in [1.165, 1.54) is 42.6 Å². The Balaban J connectivity index is 1.65. The van der Waals surface area contributed by atoms with Crippen LogP contribution in [0.5, 0.6) is 0 Å². The van der Waals surface area contributed by atoms with Gasteiger partial charge in [0.15, 0.2) is 17.8 Å². The van der Waals surface area contributed by atoms with E-state index >= 15 is 0 Å². The van der Waals surface area contributed by atoms with Gasteiger partial charge in [-0.05, 0) is 48.2 Å². The Kier molecular flexibility index (Phi) is 6.62. The highest BCUT2D eigenvalue weighted by Crippen LogP contribution is 2.39. The summed E-state index contributed by atoms with van der Waals surface area (Å²) < 4.78 is 15.2. The van der Waals surface area contributed by atoms with Crippen molar-refractivity contribution in [1.82, 2.24) is 0 Å². The number of nitriles is 1. The number of carbonyl (C=O) groups is 2. The maximum absolute atomic E-state index is 14.7. The van der Waals surface area contributed by atoms with Gasteiger partial charge in [-0.2, -0.15) is 9.99 Å². The maximum Gasteiger partial charge on any atom is 0.335 e. The van der Waals surface area contributed by atoms with E-state index < -0.39 is 17.7 Å². The van der Waals surface area contributed by atoms with Gasteiger partial charge in [0.05, 0.1) is 27.8 Å². The van der Waals surface area contributed by atoms with Crippen LogP contribution in [0.4, 0.5) is 4.39 Å². The molecule has 2 aromatic carbocycles. The normalized spacial score (nSPS) is 13.8. The Bertz CT molecular complexity index is 1310. The van der Waals surface area contributed by atoms with Crippen molar-refractivity contribution < 1.29 is 23.8 Å². The number of pyridine rings is 1. The second-order valence-corrected chi connectivity index (χ2v) is 8.85. The fraction of sp³-hybridized carbons (Fsp3) is 0.231. The molecular formula is C26H20ClFN2O4. The molecule has 0 saturated heterocycles. The maximum atomic E-state index is 14.7. The van der Waals surface area contributed by atoms with Crippen LogP contribution in [0, 0.1) is 28.3 Å². The van der Waals surface area contributed by atoms with Crippen molar-refractivity contribution in [3.05, 3.63) is 93.2 Å². The molecule has 1 unspecified atom stereocenters. The van der Waals surface area contributed by atoms with Gasteiger partial charge in [0.2, 0.25) is 5.69 Å². The number of nitrogens with zero attached hydrogens (tertiary/aromatic N) is 2. The molecule has 1 saturated carbocycles. The van der Waals surface area contributed by atoms with E-state index in [-0.39, 0.29) is 45.2 Å². The van der Waals surface area contributed by atoms with Crippen LogP contribution in [-0.4, -0.2) is 16.9 Å². The summed E-state index contributed by atoms with van der Waals surface area (Å²) in [7, 11) is 0. The lowest BCUT2D eigenvalue weighted by atomic mass is 9.89. The van der Waals surface area contributed by atoms with Crippen molar-refractivity contribution in [2.45, 2.75) is 31.6 Å². The Morgan fingerprint density at radius 3 is 2.47 bits per heavy atom. The molecule has 8 heteroatoms. The molecule has 1 fully saturated rings. The van der Waals surface area contributed by atoms with E-state index in [4.69, 9.17) is 16.7 Å². The third kappa shape index (κ3) is 4.92. The number of hydrogen-bond donors (Lipinski definition) is 1. The number of halogens is 2. The van der Waals surface area contributed by atoms with Gasteiger partial charge in [-0.15, -0.1) is 0 Å². The second-order valence-electron chi connectivity index (χ2n) is 8.44. The van der Waals surface area contributed by atoms with E-state index in [1.807, 2.05) is 6.07 Å². The summed E-state index contributed by atoms with van der Waals surface area (Å²) in [5.41, 5.74) is 1.22. The first-order valence-electron chi connectivity index (χ1n) is 10.7. The topological polar surface area (TPSA) is 105 Å². The highest BCUT2D eigenvalue weighted by atomic mass is 35.5. The van der Waals surface area contributed by atoms with E-state index in [9.17, 15) is 24.4 Å². The van der Waals surface area contributed by atoms with Gasteiger partial charge in [-0.3, -0.25) is 4.79 Å². The van der Waals surface area contributed by atoms with Crippen LogP contribution in [0.15, 0.2) is 54.7 Å². The van der Waals surface area contributed by atoms with Crippen molar-refractivity contribution in [3.8, 4) is 17.2 Å². The number of aromatic carboxylic acids is 1. The number of aromatic nitrogens is 1. The van der Waals surface area contributed by atoms with Crippen molar-refractivity contribution >= 4 is 23.4 Å². The van der Waals surface area contributed by atoms with Crippen LogP contribution in [-0.2, 0) is 11.2 Å². The first-order valence-corrected chi connectivity index (χ1v) is 11.1. The number of ketones is 1. The lowest BCUT2D eigenvalue weighted by molar-refractivity contribution is -0.614. The van der Waals surface area contributed by atoms with Crippen LogP contribution < -0.4 is 4.73 Å². The highest BCUT2D eigenvalue weighted by molar-refractivity contribution is 6.31. The molecular weight excluding hydrogens is 459 g/mol. The first kappa shape index (κ1) is 23.4. The van der Waals surface area contributed by atoms with Crippen LogP contribution in [0.3, 0.4) is 0 Å². The van der Waals surface area contributed by atoms with Gasteiger partial charge >= 0.3 is 5.97 Å². The highest BCUT2D eigenvalue weighted by Gasteiger charge is 2.34. The minimum atomic E-state index is -1.05. The Hall–Kier alpha value is -3.76. The predicted octanol–water partition coefficient (Wildman–Crippen LogP) is 5.04. The van der Waals surface area contributed by atoms with Gasteiger partial charge in [0, 0.05) is 18.1 Å². The average Bonchev–Trinajstić information content (AvgIpc) is 3.64. The SMILES string of the molecule is N#Cc1ccc(Cl)c(F)c1-c1ccc(C(CC2CC2)C(=O)Cc2ccc(C(=O)O)cc2)[n+]([O-])c1. The first-order chi connectivity index (χ1) is 16.3. The second kappa shape index (κ2) is 9.62. The van der Waals surface area contributed by atoms with E-state index in [2.05, 4.69) is 0 Å². The molecule has 1 heterocycles. The van der Waals surface area contributed by atoms with Crippen LogP contribution >= 0.6 is 11.6 Å². The lowest BCUT2D eigenvalue weighted by Crippen LogP contribution is -2.36. The fourth-order valence-corrected chi connectivity index (χ4v) is 4.19. The van der Waals surface area contributed by atoms with E-state index in [1.54, 1.807) is 12.1 Å². The minimum Gasteiger partial charge on any atom is -0.618 e. The van der Waals surface area contributed by atoms with Gasteiger partial charge in [0.1, 0.15) is 5.92 Å². The van der Waals surface area contributed by atoms with Gasteiger partial charge in [-0.1, -0.05) is 36.6 Å². The Morgan fingerprint density at radius 2 is 1.88 bits per heavy atom. The van der Waals surface area contributed by atoms with Crippen molar-refractivity contribution in [2.24, 2.45) is 5.92 Å². The third-order valence-corrected chi connectivity index (χ3v) is 6.33. The Morgan fingerprint density at radius 1 is 1.18 bits per heavy atom. The number of hydrogen-bond acceptors (Lipinski definition) is 4. The third-order valence-electron chi connectivity index (χ3n) is 6.04. The fourth-order valence-electron chi connectivity index (χ4n) is 4.03. The molecule has 34 heavy (non-hydrogen) atoms. The van der Waals surface area contributed by atoms with Crippen LogP contribution in [0.25, 0.3) is 11.1 Å². The van der Waals surface area contributed by atoms with Crippen molar-refractivity contribution in [1.29, 1.82) is 5.26 Å². The summed E-state index contributed by atoms with van der Waals surface area (Å²) in [6.45, 7) is 0. The quantitative estimate of drug-likeness (QED) is 0.360. The molecule has 1 N–H and O–H groups in total. The van der Waals surface area contributed by atoms with Crippen LogP contribution in [0.2, 0.25) is 5.02 Å².